The van der Waals surface area contributed by atoms with Crippen LogP contribution in [0.4, 0.5) is 5.69 Å². The van der Waals surface area contributed by atoms with Gasteiger partial charge >= 0.3 is 0 Å². The summed E-state index contributed by atoms with van der Waals surface area (Å²) in [5.74, 6) is -0.445. The maximum atomic E-state index is 12.7. The van der Waals surface area contributed by atoms with Crippen LogP contribution in [-0.4, -0.2) is 10.5 Å². The second kappa shape index (κ2) is 7.58. The summed E-state index contributed by atoms with van der Waals surface area (Å²) < 4.78 is 1.54. The van der Waals surface area contributed by atoms with Crippen molar-refractivity contribution in [1.82, 2.24) is 4.57 Å². The van der Waals surface area contributed by atoms with E-state index < -0.39 is 5.91 Å². The number of anilines is 1. The molecule has 0 fully saturated rings. The summed E-state index contributed by atoms with van der Waals surface area (Å²) in [5.41, 5.74) is 3.38. The van der Waals surface area contributed by atoms with Gasteiger partial charge in [-0.3, -0.25) is 9.59 Å². The molecule has 0 spiro atoms. The van der Waals surface area contributed by atoms with Crippen LogP contribution in [0.3, 0.4) is 0 Å². The summed E-state index contributed by atoms with van der Waals surface area (Å²) in [5, 5.41) is 3.30. The van der Waals surface area contributed by atoms with Crippen LogP contribution in [0.2, 0.25) is 5.02 Å². The second-order valence-electron chi connectivity index (χ2n) is 6.19. The fourth-order valence-electron chi connectivity index (χ4n) is 2.72. The quantitative estimate of drug-likeness (QED) is 0.743. The topological polar surface area (TPSA) is 51.1 Å². The lowest BCUT2D eigenvalue weighted by Crippen LogP contribution is -2.29. The van der Waals surface area contributed by atoms with E-state index in [1.807, 2.05) is 44.2 Å². The molecule has 0 atom stereocenters. The number of halogens is 1. The summed E-state index contributed by atoms with van der Waals surface area (Å²) in [4.78, 5) is 25.3. The summed E-state index contributed by atoms with van der Waals surface area (Å²) in [7, 11) is 0. The summed E-state index contributed by atoms with van der Waals surface area (Å²) in [6.07, 6.45) is 1.69. The molecule has 1 N–H and O–H groups in total. The van der Waals surface area contributed by atoms with Crippen LogP contribution < -0.4 is 10.9 Å². The average molecular weight is 367 g/mol. The third kappa shape index (κ3) is 3.86. The highest BCUT2D eigenvalue weighted by Gasteiger charge is 2.14. The van der Waals surface area contributed by atoms with Crippen LogP contribution in [0, 0.1) is 13.8 Å². The summed E-state index contributed by atoms with van der Waals surface area (Å²) >= 11 is 5.99. The van der Waals surface area contributed by atoms with Crippen LogP contribution in [-0.2, 0) is 6.54 Å². The molecule has 3 rings (SSSR count). The van der Waals surface area contributed by atoms with E-state index in [0.29, 0.717) is 17.3 Å². The highest BCUT2D eigenvalue weighted by atomic mass is 35.5. The van der Waals surface area contributed by atoms with Gasteiger partial charge in [-0.1, -0.05) is 41.9 Å². The van der Waals surface area contributed by atoms with Crippen LogP contribution in [0.25, 0.3) is 0 Å². The monoisotopic (exact) mass is 366 g/mol. The second-order valence-corrected chi connectivity index (χ2v) is 6.63. The van der Waals surface area contributed by atoms with Gasteiger partial charge in [0, 0.05) is 16.9 Å². The maximum Gasteiger partial charge on any atom is 0.263 e. The molecule has 0 radical (unpaired) electrons. The summed E-state index contributed by atoms with van der Waals surface area (Å²) in [6, 6.07) is 16.4. The minimum absolute atomic E-state index is 0.0976. The number of carbonyl (C=O) groups is 1. The first-order valence-electron chi connectivity index (χ1n) is 8.27. The number of amides is 1. The number of pyridine rings is 1. The molecule has 0 bridgehead atoms. The minimum atomic E-state index is -0.445. The van der Waals surface area contributed by atoms with Crippen molar-refractivity contribution in [3.8, 4) is 0 Å². The first-order valence-corrected chi connectivity index (χ1v) is 8.65. The number of nitrogens with zero attached hydrogens (tertiary/aromatic N) is 1. The number of carbonyl (C=O) groups excluding carboxylic acids is 1. The van der Waals surface area contributed by atoms with Crippen molar-refractivity contribution in [2.45, 2.75) is 20.4 Å². The minimum Gasteiger partial charge on any atom is -0.322 e. The number of hydrogen-bond acceptors (Lipinski definition) is 2. The molecular weight excluding hydrogens is 348 g/mol. The molecule has 1 heterocycles. The SMILES string of the molecule is Cc1ccccc1Cn1cccc(C(=O)Nc2cc(Cl)ccc2C)c1=O. The van der Waals surface area contributed by atoms with Crippen molar-refractivity contribution in [3.63, 3.8) is 0 Å². The maximum absolute atomic E-state index is 12.7. The molecule has 26 heavy (non-hydrogen) atoms. The number of hydrogen-bond donors (Lipinski definition) is 1. The van der Waals surface area contributed by atoms with E-state index in [0.717, 1.165) is 16.7 Å². The standard InChI is InChI=1S/C21H19ClN2O2/c1-14-6-3-4-7-16(14)13-24-11-5-8-18(21(24)26)20(25)23-19-12-17(22)10-9-15(19)2/h3-12H,13H2,1-2H3,(H,23,25). The van der Waals surface area contributed by atoms with E-state index in [9.17, 15) is 9.59 Å². The molecule has 132 valence electrons. The Hall–Kier alpha value is -2.85. The van der Waals surface area contributed by atoms with Gasteiger partial charge in [-0.15, -0.1) is 0 Å². The Balaban J connectivity index is 1.89. The number of aryl methyl sites for hydroxylation is 2. The van der Waals surface area contributed by atoms with Gasteiger partial charge in [0.2, 0.25) is 0 Å². The van der Waals surface area contributed by atoms with Gasteiger partial charge in [0.25, 0.3) is 11.5 Å². The molecule has 0 aliphatic heterocycles. The Bertz CT molecular complexity index is 1020. The molecule has 1 amide bonds. The van der Waals surface area contributed by atoms with Crippen molar-refractivity contribution in [2.75, 3.05) is 5.32 Å². The molecule has 0 unspecified atom stereocenters. The average Bonchev–Trinajstić information content (AvgIpc) is 2.61. The number of nitrogens with one attached hydrogen (secondary N) is 1. The Labute approximate surface area is 157 Å². The summed E-state index contributed by atoms with van der Waals surface area (Å²) in [6.45, 7) is 4.29. The van der Waals surface area contributed by atoms with Crippen LogP contribution in [0.1, 0.15) is 27.0 Å². The van der Waals surface area contributed by atoms with E-state index in [2.05, 4.69) is 5.32 Å². The van der Waals surface area contributed by atoms with Crippen molar-refractivity contribution in [2.24, 2.45) is 0 Å². The van der Waals surface area contributed by atoms with Gasteiger partial charge in [0.1, 0.15) is 5.56 Å². The molecule has 0 saturated carbocycles. The lowest BCUT2D eigenvalue weighted by Gasteiger charge is -2.11. The van der Waals surface area contributed by atoms with Gasteiger partial charge in [-0.05, 0) is 54.8 Å². The Morgan fingerprint density at radius 2 is 1.81 bits per heavy atom. The van der Waals surface area contributed by atoms with Crippen molar-refractivity contribution in [3.05, 3.63) is 98.4 Å². The van der Waals surface area contributed by atoms with Gasteiger partial charge in [-0.2, -0.15) is 0 Å². The predicted molar refractivity (Wildman–Crippen MR) is 105 cm³/mol. The molecule has 0 saturated heterocycles. The Kier molecular flexibility index (Phi) is 5.24. The molecular formula is C21H19ClN2O2. The fraction of sp³-hybridized carbons (Fsp3) is 0.143. The number of benzene rings is 2. The highest BCUT2D eigenvalue weighted by molar-refractivity contribution is 6.31. The van der Waals surface area contributed by atoms with E-state index in [-0.39, 0.29) is 11.1 Å². The predicted octanol–water partition coefficient (Wildman–Crippen LogP) is 4.42. The largest absolute Gasteiger partial charge is 0.322 e. The van der Waals surface area contributed by atoms with Crippen LogP contribution in [0.5, 0.6) is 0 Å². The van der Waals surface area contributed by atoms with Gasteiger partial charge < -0.3 is 9.88 Å². The molecule has 2 aromatic carbocycles. The molecule has 1 aromatic heterocycles. The Morgan fingerprint density at radius 3 is 2.58 bits per heavy atom. The van der Waals surface area contributed by atoms with Gasteiger partial charge in [-0.25, -0.2) is 0 Å². The van der Waals surface area contributed by atoms with Gasteiger partial charge in [0.05, 0.1) is 6.54 Å². The third-order valence-electron chi connectivity index (χ3n) is 4.31. The zero-order valence-corrected chi connectivity index (χ0v) is 15.4. The van der Waals surface area contributed by atoms with Crippen molar-refractivity contribution in [1.29, 1.82) is 0 Å². The lowest BCUT2D eigenvalue weighted by atomic mass is 10.1. The van der Waals surface area contributed by atoms with Crippen LogP contribution in [0.15, 0.2) is 65.6 Å². The van der Waals surface area contributed by atoms with Crippen molar-refractivity contribution < 1.29 is 4.79 Å². The molecule has 0 aliphatic rings. The molecule has 0 aliphatic carbocycles. The van der Waals surface area contributed by atoms with E-state index >= 15 is 0 Å². The number of rotatable bonds is 4. The Morgan fingerprint density at radius 1 is 1.04 bits per heavy atom. The van der Waals surface area contributed by atoms with E-state index in [4.69, 9.17) is 11.6 Å². The zero-order valence-electron chi connectivity index (χ0n) is 14.6. The van der Waals surface area contributed by atoms with Gasteiger partial charge in [0.15, 0.2) is 0 Å². The number of aromatic nitrogens is 1. The first kappa shape index (κ1) is 18.0. The molecule has 3 aromatic rings. The molecule has 5 heteroatoms. The highest BCUT2D eigenvalue weighted by Crippen LogP contribution is 2.20. The fourth-order valence-corrected chi connectivity index (χ4v) is 2.90. The third-order valence-corrected chi connectivity index (χ3v) is 4.55. The van der Waals surface area contributed by atoms with E-state index in [1.165, 1.54) is 6.07 Å². The molecule has 4 nitrogen and oxygen atoms in total. The lowest BCUT2D eigenvalue weighted by molar-refractivity contribution is 0.102. The van der Waals surface area contributed by atoms with Crippen molar-refractivity contribution >= 4 is 23.2 Å². The smallest absolute Gasteiger partial charge is 0.263 e. The normalized spacial score (nSPS) is 10.6. The van der Waals surface area contributed by atoms with Crippen LogP contribution >= 0.6 is 11.6 Å². The zero-order chi connectivity index (χ0) is 18.7. The van der Waals surface area contributed by atoms with E-state index in [1.54, 1.807) is 29.0 Å². The first-order chi connectivity index (χ1) is 12.5.